The van der Waals surface area contributed by atoms with Crippen LogP contribution in [0.1, 0.15) is 42.1 Å². The molecule has 6 nitrogen and oxygen atoms in total. The highest BCUT2D eigenvalue weighted by atomic mass is 32.2. The molecule has 0 saturated carbocycles. The van der Waals surface area contributed by atoms with E-state index in [0.717, 1.165) is 36.4 Å². The molecule has 0 saturated heterocycles. The molecule has 0 aromatic heterocycles. The second-order valence-corrected chi connectivity index (χ2v) is 9.30. The Morgan fingerprint density at radius 1 is 1.14 bits per heavy atom. The fourth-order valence-electron chi connectivity index (χ4n) is 4.82. The van der Waals surface area contributed by atoms with Gasteiger partial charge in [0.05, 0.1) is 12.0 Å². The summed E-state index contributed by atoms with van der Waals surface area (Å²) in [5, 5.41) is 0. The average Bonchev–Trinajstić information content (AvgIpc) is 2.90. The van der Waals surface area contributed by atoms with Gasteiger partial charge in [-0.25, -0.2) is 4.21 Å². The van der Waals surface area contributed by atoms with Crippen molar-refractivity contribution in [3.63, 3.8) is 0 Å². The van der Waals surface area contributed by atoms with Crippen LogP contribution in [0, 0.1) is 0 Å². The van der Waals surface area contributed by atoms with Crippen LogP contribution < -0.4 is 18.4 Å². The lowest BCUT2D eigenvalue weighted by Crippen LogP contribution is -2.39. The molecule has 3 heterocycles. The second-order valence-electron chi connectivity index (χ2n) is 8.20. The van der Waals surface area contributed by atoms with Gasteiger partial charge in [0.2, 0.25) is 11.1 Å². The molecule has 2 aromatic carbocycles. The van der Waals surface area contributed by atoms with Crippen LogP contribution in [-0.4, -0.2) is 36.0 Å². The zero-order valence-corrected chi connectivity index (χ0v) is 21.5. The molecule has 35 heavy (non-hydrogen) atoms. The van der Waals surface area contributed by atoms with Gasteiger partial charge in [0.25, 0.3) is 0 Å². The van der Waals surface area contributed by atoms with Gasteiger partial charge in [-0.05, 0) is 59.9 Å². The van der Waals surface area contributed by atoms with Gasteiger partial charge in [-0.1, -0.05) is 39.1 Å². The summed E-state index contributed by atoms with van der Waals surface area (Å²) >= 11 is -1.72. The third kappa shape index (κ3) is 4.88. The maximum absolute atomic E-state index is 12.9. The highest BCUT2D eigenvalue weighted by Crippen LogP contribution is 2.46. The first-order valence-electron chi connectivity index (χ1n) is 12.0. The van der Waals surface area contributed by atoms with Crippen LogP contribution in [0.2, 0.25) is 0 Å². The summed E-state index contributed by atoms with van der Waals surface area (Å²) in [6.07, 6.45) is 6.48. The summed E-state index contributed by atoms with van der Waals surface area (Å²) in [4.78, 5) is 2.90. The van der Waals surface area contributed by atoms with E-state index in [9.17, 15) is 4.21 Å². The predicted molar refractivity (Wildman–Crippen MR) is 140 cm³/mol. The SMILES string of the molecule is C=C/C=C(\C=C)S(=O)Oc1c(OC)ccc2c1CN1CCc3cc4c(cc3C1C2)OCCO4.CC. The van der Waals surface area contributed by atoms with E-state index in [1.165, 1.54) is 22.8 Å². The summed E-state index contributed by atoms with van der Waals surface area (Å²) < 4.78 is 36.0. The van der Waals surface area contributed by atoms with Crippen LogP contribution in [0.15, 0.2) is 60.6 Å². The molecular weight excluding hydrogens is 462 g/mol. The summed E-state index contributed by atoms with van der Waals surface area (Å²) in [6.45, 7) is 14.2. The minimum atomic E-state index is -1.72. The Balaban J connectivity index is 0.00000141. The second kappa shape index (κ2) is 11.1. The first-order chi connectivity index (χ1) is 17.1. The maximum Gasteiger partial charge on any atom is 0.240 e. The van der Waals surface area contributed by atoms with E-state index in [0.29, 0.717) is 36.2 Å². The van der Waals surface area contributed by atoms with Crippen molar-refractivity contribution >= 4 is 11.1 Å². The molecule has 7 heteroatoms. The van der Waals surface area contributed by atoms with Crippen molar-refractivity contribution in [2.24, 2.45) is 0 Å². The molecular formula is C28H33NO5S. The molecule has 0 spiro atoms. The normalized spacial score (nSPS) is 19.1. The topological polar surface area (TPSA) is 57.2 Å². The van der Waals surface area contributed by atoms with Gasteiger partial charge in [-0.2, -0.15) is 0 Å². The number of hydrogen-bond donors (Lipinski definition) is 0. The van der Waals surface area contributed by atoms with Crippen LogP contribution in [0.4, 0.5) is 0 Å². The van der Waals surface area contributed by atoms with E-state index >= 15 is 0 Å². The quantitative estimate of drug-likeness (QED) is 0.497. The van der Waals surface area contributed by atoms with Crippen molar-refractivity contribution in [1.82, 2.24) is 4.90 Å². The number of fused-ring (bicyclic) bond motifs is 5. The van der Waals surface area contributed by atoms with Gasteiger partial charge in [-0.3, -0.25) is 4.90 Å². The van der Waals surface area contributed by atoms with E-state index < -0.39 is 11.1 Å². The van der Waals surface area contributed by atoms with Crippen molar-refractivity contribution in [3.8, 4) is 23.0 Å². The Hall–Kier alpha value is -3.03. The first kappa shape index (κ1) is 25.1. The van der Waals surface area contributed by atoms with Gasteiger partial charge >= 0.3 is 0 Å². The summed E-state index contributed by atoms with van der Waals surface area (Å²) in [5.74, 6) is 2.77. The van der Waals surface area contributed by atoms with Gasteiger partial charge in [0, 0.05) is 24.7 Å². The van der Waals surface area contributed by atoms with Gasteiger partial charge < -0.3 is 18.4 Å². The highest BCUT2D eigenvalue weighted by Gasteiger charge is 2.36. The Bertz CT molecular complexity index is 1170. The number of benzene rings is 2. The summed E-state index contributed by atoms with van der Waals surface area (Å²) in [6, 6.07) is 8.51. The third-order valence-corrected chi connectivity index (χ3v) is 7.43. The van der Waals surface area contributed by atoms with Gasteiger partial charge in [0.15, 0.2) is 23.0 Å². The van der Waals surface area contributed by atoms with E-state index in [2.05, 4.69) is 36.3 Å². The Labute approximate surface area is 210 Å². The summed E-state index contributed by atoms with van der Waals surface area (Å²) in [7, 11) is 1.60. The fraction of sp³-hybridized carbons (Fsp3) is 0.357. The highest BCUT2D eigenvalue weighted by molar-refractivity contribution is 7.84. The monoisotopic (exact) mass is 495 g/mol. The third-order valence-electron chi connectivity index (χ3n) is 6.42. The molecule has 0 bridgehead atoms. The molecule has 0 N–H and O–H groups in total. The van der Waals surface area contributed by atoms with Crippen molar-refractivity contribution in [2.75, 3.05) is 26.9 Å². The lowest BCUT2D eigenvalue weighted by Gasteiger charge is -2.42. The average molecular weight is 496 g/mol. The van der Waals surface area contributed by atoms with E-state index in [-0.39, 0.29) is 6.04 Å². The number of methoxy groups -OCH3 is 1. The number of ether oxygens (including phenoxy) is 3. The molecule has 2 atom stereocenters. The molecule has 0 amide bonds. The molecule has 0 aliphatic carbocycles. The molecule has 0 radical (unpaired) electrons. The predicted octanol–water partition coefficient (Wildman–Crippen LogP) is 5.45. The Morgan fingerprint density at radius 2 is 1.89 bits per heavy atom. The number of nitrogens with zero attached hydrogens (tertiary/aromatic N) is 1. The largest absolute Gasteiger partial charge is 0.493 e. The first-order valence-corrected chi connectivity index (χ1v) is 13.1. The Morgan fingerprint density at radius 3 is 2.57 bits per heavy atom. The van der Waals surface area contributed by atoms with Crippen LogP contribution >= 0.6 is 0 Å². The number of hydrogen-bond acceptors (Lipinski definition) is 6. The van der Waals surface area contributed by atoms with E-state index in [4.69, 9.17) is 18.4 Å². The van der Waals surface area contributed by atoms with E-state index in [1.54, 1.807) is 19.3 Å². The van der Waals surface area contributed by atoms with Crippen molar-refractivity contribution in [2.45, 2.75) is 39.3 Å². The molecule has 186 valence electrons. The van der Waals surface area contributed by atoms with Crippen LogP contribution in [0.3, 0.4) is 0 Å². The molecule has 5 rings (SSSR count). The summed E-state index contributed by atoms with van der Waals surface area (Å²) in [5.41, 5.74) is 4.79. The van der Waals surface area contributed by atoms with Gasteiger partial charge in [0.1, 0.15) is 13.2 Å². The smallest absolute Gasteiger partial charge is 0.240 e. The fourth-order valence-corrected chi connectivity index (χ4v) is 5.60. The van der Waals surface area contributed by atoms with Crippen LogP contribution in [-0.2, 0) is 30.5 Å². The Kier molecular flexibility index (Phi) is 7.98. The number of rotatable bonds is 6. The lowest BCUT2D eigenvalue weighted by molar-refractivity contribution is 0.152. The van der Waals surface area contributed by atoms with Crippen molar-refractivity contribution in [3.05, 3.63) is 82.8 Å². The van der Waals surface area contributed by atoms with Gasteiger partial charge in [-0.15, -0.1) is 0 Å². The molecule has 3 aliphatic heterocycles. The minimum Gasteiger partial charge on any atom is -0.493 e. The zero-order chi connectivity index (χ0) is 24.9. The van der Waals surface area contributed by atoms with Crippen LogP contribution in [0.5, 0.6) is 23.0 Å². The molecule has 3 aliphatic rings. The van der Waals surface area contributed by atoms with Crippen molar-refractivity contribution in [1.29, 1.82) is 0 Å². The van der Waals surface area contributed by atoms with Crippen molar-refractivity contribution < 1.29 is 22.6 Å². The standard InChI is InChI=1S/C26H27NO5S.C2H6/c1-4-6-19(5-2)33(28)32-26-21-16-27-10-9-18-14-24-25(31-12-11-30-24)15-20(18)22(27)13-17(21)7-8-23(26)29-3;1-2/h4-8,14-15,22H,1-2,9-13,16H2,3H3;1-2H3/b19-6+;. The molecule has 0 fully saturated rings. The molecule has 2 aromatic rings. The zero-order valence-electron chi connectivity index (χ0n) is 20.7. The maximum atomic E-state index is 12.9. The van der Waals surface area contributed by atoms with Crippen LogP contribution in [0.25, 0.3) is 0 Å². The lowest BCUT2D eigenvalue weighted by atomic mass is 9.83. The minimum absolute atomic E-state index is 0.244. The van der Waals surface area contributed by atoms with E-state index in [1.807, 2.05) is 19.9 Å². The molecule has 2 unspecified atom stereocenters. The number of allylic oxidation sites excluding steroid dienone is 3.